The Hall–Kier alpha value is -2.49. The fourth-order valence-corrected chi connectivity index (χ4v) is 2.72. The quantitative estimate of drug-likeness (QED) is 0.865. The first-order chi connectivity index (χ1) is 10.6. The predicted molar refractivity (Wildman–Crippen MR) is 87.1 cm³/mol. The lowest BCUT2D eigenvalue weighted by molar-refractivity contribution is 0.0950. The van der Waals surface area contributed by atoms with Crippen LogP contribution in [0.3, 0.4) is 0 Å². The lowest BCUT2D eigenvalue weighted by Crippen LogP contribution is -2.23. The monoisotopic (exact) mass is 293 g/mol. The lowest BCUT2D eigenvalue weighted by atomic mass is 9.87. The summed E-state index contributed by atoms with van der Waals surface area (Å²) in [6, 6.07) is 9.66. The third kappa shape index (κ3) is 2.91. The molecule has 22 heavy (non-hydrogen) atoms. The van der Waals surface area contributed by atoms with Crippen LogP contribution in [-0.2, 0) is 6.42 Å². The van der Waals surface area contributed by atoms with Crippen LogP contribution in [0.2, 0.25) is 0 Å². The molecule has 1 aliphatic rings. The van der Waals surface area contributed by atoms with Crippen LogP contribution in [0, 0.1) is 13.8 Å². The molecule has 1 aromatic heterocycles. The van der Waals surface area contributed by atoms with Crippen molar-refractivity contribution in [3.8, 4) is 0 Å². The van der Waals surface area contributed by atoms with E-state index in [1.54, 1.807) is 24.4 Å². The molecule has 1 aliphatic carbocycles. The second-order valence-corrected chi connectivity index (χ2v) is 5.66. The minimum atomic E-state index is -0.274. The predicted octanol–water partition coefficient (Wildman–Crippen LogP) is 3.17. The molecule has 0 aliphatic heterocycles. The van der Waals surface area contributed by atoms with Gasteiger partial charge in [-0.3, -0.25) is 9.78 Å². The Labute approximate surface area is 130 Å². The van der Waals surface area contributed by atoms with Gasteiger partial charge in [0.25, 0.3) is 5.91 Å². The number of fused-ring (bicyclic) bond motifs is 1. The van der Waals surface area contributed by atoms with Crippen LogP contribution >= 0.6 is 0 Å². The molecule has 0 saturated heterocycles. The van der Waals surface area contributed by atoms with Gasteiger partial charge in [-0.1, -0.05) is 12.1 Å². The number of pyridine rings is 1. The van der Waals surface area contributed by atoms with Crippen molar-refractivity contribution in [3.63, 3.8) is 0 Å². The van der Waals surface area contributed by atoms with Gasteiger partial charge >= 0.3 is 0 Å². The molecule has 0 saturated carbocycles. The highest BCUT2D eigenvalue weighted by atomic mass is 16.2. The standard InChI is InChI=1S/C18H19N3O/c1-12-10-14-6-5-8-16(15(14)11-13(12)2)20-21-18(22)17-7-3-4-9-19-17/h3-4,7,9-11H,5-6,8H2,1-2H3,(H,21,22)/b20-16-. The first-order valence-corrected chi connectivity index (χ1v) is 7.53. The third-order valence-electron chi connectivity index (χ3n) is 4.08. The molecular weight excluding hydrogens is 274 g/mol. The first-order valence-electron chi connectivity index (χ1n) is 7.53. The molecule has 0 fully saturated rings. The zero-order chi connectivity index (χ0) is 15.5. The number of amides is 1. The van der Waals surface area contributed by atoms with E-state index in [9.17, 15) is 4.79 Å². The van der Waals surface area contributed by atoms with Gasteiger partial charge in [-0.2, -0.15) is 5.10 Å². The highest BCUT2D eigenvalue weighted by Gasteiger charge is 2.17. The summed E-state index contributed by atoms with van der Waals surface area (Å²) in [5.41, 5.74) is 9.00. The largest absolute Gasteiger partial charge is 0.289 e. The van der Waals surface area contributed by atoms with Gasteiger partial charge in [0.2, 0.25) is 0 Å². The summed E-state index contributed by atoms with van der Waals surface area (Å²) >= 11 is 0. The summed E-state index contributed by atoms with van der Waals surface area (Å²) in [5, 5.41) is 4.35. The zero-order valence-electron chi connectivity index (χ0n) is 12.9. The molecule has 4 nitrogen and oxygen atoms in total. The summed E-state index contributed by atoms with van der Waals surface area (Å²) in [4.78, 5) is 16.1. The number of hydrogen-bond donors (Lipinski definition) is 1. The van der Waals surface area contributed by atoms with Gasteiger partial charge < -0.3 is 0 Å². The van der Waals surface area contributed by atoms with Gasteiger partial charge in [-0.25, -0.2) is 5.43 Å². The number of rotatable bonds is 2. The number of nitrogens with one attached hydrogen (secondary N) is 1. The fraction of sp³-hybridized carbons (Fsp3) is 0.278. The highest BCUT2D eigenvalue weighted by molar-refractivity contribution is 6.04. The van der Waals surface area contributed by atoms with E-state index >= 15 is 0 Å². The van der Waals surface area contributed by atoms with Crippen molar-refractivity contribution >= 4 is 11.6 Å². The van der Waals surface area contributed by atoms with Crippen molar-refractivity contribution in [1.29, 1.82) is 0 Å². The van der Waals surface area contributed by atoms with Gasteiger partial charge in [-0.15, -0.1) is 0 Å². The van der Waals surface area contributed by atoms with Crippen LogP contribution in [-0.4, -0.2) is 16.6 Å². The van der Waals surface area contributed by atoms with E-state index in [4.69, 9.17) is 0 Å². The van der Waals surface area contributed by atoms with E-state index in [-0.39, 0.29) is 5.91 Å². The average molecular weight is 293 g/mol. The normalized spacial score (nSPS) is 15.5. The van der Waals surface area contributed by atoms with Crippen LogP contribution in [0.4, 0.5) is 0 Å². The number of hydrogen-bond acceptors (Lipinski definition) is 3. The van der Waals surface area contributed by atoms with E-state index in [1.165, 1.54) is 16.7 Å². The Balaban J connectivity index is 1.85. The molecule has 1 heterocycles. The van der Waals surface area contributed by atoms with Crippen molar-refractivity contribution in [1.82, 2.24) is 10.4 Å². The number of nitrogens with zero attached hydrogens (tertiary/aromatic N) is 2. The van der Waals surface area contributed by atoms with Gasteiger partial charge in [0, 0.05) is 11.8 Å². The molecule has 0 spiro atoms. The number of carbonyl (C=O) groups is 1. The third-order valence-corrected chi connectivity index (χ3v) is 4.08. The van der Waals surface area contributed by atoms with Crippen molar-refractivity contribution in [2.45, 2.75) is 33.1 Å². The van der Waals surface area contributed by atoms with E-state index in [1.807, 2.05) is 0 Å². The molecule has 0 atom stereocenters. The molecule has 0 bridgehead atoms. The topological polar surface area (TPSA) is 54.4 Å². The van der Waals surface area contributed by atoms with Crippen LogP contribution in [0.1, 0.15) is 45.6 Å². The molecule has 2 aromatic rings. The lowest BCUT2D eigenvalue weighted by Gasteiger charge is -2.19. The number of aromatic nitrogens is 1. The van der Waals surface area contributed by atoms with E-state index in [0.29, 0.717) is 5.69 Å². The van der Waals surface area contributed by atoms with E-state index in [0.717, 1.165) is 30.5 Å². The maximum absolute atomic E-state index is 12.0. The molecule has 112 valence electrons. The summed E-state index contributed by atoms with van der Waals surface area (Å²) < 4.78 is 0. The number of hydrazone groups is 1. The van der Waals surface area contributed by atoms with Crippen LogP contribution < -0.4 is 5.43 Å². The average Bonchev–Trinajstić information content (AvgIpc) is 2.54. The molecular formula is C18H19N3O. The molecule has 4 heteroatoms. The van der Waals surface area contributed by atoms with Crippen LogP contribution in [0.25, 0.3) is 0 Å². The number of benzene rings is 1. The first kappa shape index (κ1) is 14.4. The summed E-state index contributed by atoms with van der Waals surface area (Å²) in [5.74, 6) is -0.274. The van der Waals surface area contributed by atoms with Gasteiger partial charge in [-0.05, 0) is 68.0 Å². The summed E-state index contributed by atoms with van der Waals surface area (Å²) in [6.45, 7) is 4.23. The number of aryl methyl sites for hydroxylation is 3. The molecule has 1 N–H and O–H groups in total. The van der Waals surface area contributed by atoms with Gasteiger partial charge in [0.05, 0.1) is 5.71 Å². The molecule has 0 radical (unpaired) electrons. The Kier molecular flexibility index (Phi) is 4.00. The van der Waals surface area contributed by atoms with Crippen LogP contribution in [0.15, 0.2) is 41.6 Å². The van der Waals surface area contributed by atoms with Crippen LogP contribution in [0.5, 0.6) is 0 Å². The van der Waals surface area contributed by atoms with Crippen molar-refractivity contribution < 1.29 is 4.79 Å². The van der Waals surface area contributed by atoms with Crippen molar-refractivity contribution in [3.05, 3.63) is 64.5 Å². The second-order valence-electron chi connectivity index (χ2n) is 5.66. The van der Waals surface area contributed by atoms with E-state index < -0.39 is 0 Å². The minimum Gasteiger partial charge on any atom is -0.266 e. The fourth-order valence-electron chi connectivity index (χ4n) is 2.72. The Bertz CT molecular complexity index is 735. The maximum Gasteiger partial charge on any atom is 0.289 e. The Morgan fingerprint density at radius 3 is 2.77 bits per heavy atom. The number of carbonyl (C=O) groups excluding carboxylic acids is 1. The Morgan fingerprint density at radius 1 is 1.18 bits per heavy atom. The van der Waals surface area contributed by atoms with Crippen molar-refractivity contribution in [2.75, 3.05) is 0 Å². The SMILES string of the molecule is Cc1cc2c(cc1C)/C(=N\NC(=O)c1ccccn1)CCC2. The summed E-state index contributed by atoms with van der Waals surface area (Å²) in [7, 11) is 0. The maximum atomic E-state index is 12.0. The molecule has 3 rings (SSSR count). The highest BCUT2D eigenvalue weighted by Crippen LogP contribution is 2.24. The minimum absolute atomic E-state index is 0.274. The van der Waals surface area contributed by atoms with E-state index in [2.05, 4.69) is 41.5 Å². The van der Waals surface area contributed by atoms with Gasteiger partial charge in [0.1, 0.15) is 5.69 Å². The molecule has 1 aromatic carbocycles. The molecule has 1 amide bonds. The Morgan fingerprint density at radius 2 is 2.00 bits per heavy atom. The summed E-state index contributed by atoms with van der Waals surface area (Å²) in [6.07, 6.45) is 4.62. The zero-order valence-corrected chi connectivity index (χ0v) is 12.9. The van der Waals surface area contributed by atoms with Crippen molar-refractivity contribution in [2.24, 2.45) is 5.10 Å². The molecule has 0 unspecified atom stereocenters. The van der Waals surface area contributed by atoms with Gasteiger partial charge in [0.15, 0.2) is 0 Å². The smallest absolute Gasteiger partial charge is 0.266 e. The second kappa shape index (κ2) is 6.10.